The van der Waals surface area contributed by atoms with Crippen LogP contribution in [0.15, 0.2) is 64.2 Å². The third-order valence-electron chi connectivity index (χ3n) is 3.84. The van der Waals surface area contributed by atoms with Crippen molar-refractivity contribution in [1.29, 1.82) is 0 Å². The smallest absolute Gasteiger partial charge is 0.296 e. The van der Waals surface area contributed by atoms with Gasteiger partial charge in [-0.05, 0) is 23.3 Å². The Kier molecular flexibility index (Phi) is 3.92. The van der Waals surface area contributed by atoms with Crippen molar-refractivity contribution in [3.63, 3.8) is 0 Å². The molecule has 0 saturated carbocycles. The molecule has 0 spiro atoms. The predicted molar refractivity (Wildman–Crippen MR) is 92.8 cm³/mol. The average Bonchev–Trinajstić information content (AvgIpc) is 2.58. The van der Waals surface area contributed by atoms with E-state index in [0.717, 1.165) is 15.7 Å². The standard InChI is InChI=1S/C18H15ClN2O2/c1-20-16(13-8-10-14(19)11-9-13)15(12-6-4-3-5-7-12)17(22)21(2)18(20)23/h3-11H,1-2H3. The number of hydrogen-bond donors (Lipinski definition) is 0. The number of rotatable bonds is 2. The first-order valence-electron chi connectivity index (χ1n) is 7.12. The van der Waals surface area contributed by atoms with Crippen molar-refractivity contribution >= 4 is 11.6 Å². The number of benzene rings is 2. The highest BCUT2D eigenvalue weighted by Gasteiger charge is 2.18. The number of halogens is 1. The van der Waals surface area contributed by atoms with Crippen LogP contribution in [0.1, 0.15) is 0 Å². The lowest BCUT2D eigenvalue weighted by molar-refractivity contribution is 0.694. The summed E-state index contributed by atoms with van der Waals surface area (Å²) in [5.74, 6) is 0. The molecule has 0 amide bonds. The molecule has 116 valence electrons. The van der Waals surface area contributed by atoms with Gasteiger partial charge in [0.05, 0.1) is 11.3 Å². The van der Waals surface area contributed by atoms with Gasteiger partial charge in [0.25, 0.3) is 5.56 Å². The highest BCUT2D eigenvalue weighted by atomic mass is 35.5. The molecular formula is C18H15ClN2O2. The van der Waals surface area contributed by atoms with E-state index in [-0.39, 0.29) is 11.2 Å². The van der Waals surface area contributed by atoms with Gasteiger partial charge in [-0.1, -0.05) is 54.1 Å². The molecule has 0 aliphatic heterocycles. The molecule has 0 saturated heterocycles. The Bertz CT molecular complexity index is 971. The second-order valence-electron chi connectivity index (χ2n) is 5.30. The molecule has 0 aliphatic rings. The minimum atomic E-state index is -0.361. The molecule has 2 aromatic carbocycles. The second kappa shape index (κ2) is 5.89. The van der Waals surface area contributed by atoms with Crippen molar-refractivity contribution in [2.45, 2.75) is 0 Å². The molecule has 3 rings (SSSR count). The normalized spacial score (nSPS) is 10.7. The monoisotopic (exact) mass is 326 g/mol. The molecule has 0 N–H and O–H groups in total. The van der Waals surface area contributed by atoms with Crippen LogP contribution >= 0.6 is 11.6 Å². The van der Waals surface area contributed by atoms with Crippen molar-refractivity contribution in [3.05, 3.63) is 80.5 Å². The van der Waals surface area contributed by atoms with Gasteiger partial charge in [-0.2, -0.15) is 0 Å². The molecule has 1 heterocycles. The summed E-state index contributed by atoms with van der Waals surface area (Å²) in [6.07, 6.45) is 0. The lowest BCUT2D eigenvalue weighted by atomic mass is 10.00. The fourth-order valence-corrected chi connectivity index (χ4v) is 2.78. The zero-order chi connectivity index (χ0) is 16.6. The van der Waals surface area contributed by atoms with E-state index in [1.807, 2.05) is 42.5 Å². The topological polar surface area (TPSA) is 44.0 Å². The molecule has 0 unspecified atom stereocenters. The molecule has 5 heteroatoms. The number of aromatic nitrogens is 2. The minimum absolute atomic E-state index is 0.316. The lowest BCUT2D eigenvalue weighted by Gasteiger charge is -2.15. The van der Waals surface area contributed by atoms with E-state index in [0.29, 0.717) is 16.3 Å². The van der Waals surface area contributed by atoms with E-state index in [1.165, 1.54) is 11.6 Å². The molecule has 0 fully saturated rings. The van der Waals surface area contributed by atoms with Gasteiger partial charge in [-0.3, -0.25) is 13.9 Å². The van der Waals surface area contributed by atoms with Crippen LogP contribution in [0.4, 0.5) is 0 Å². The summed E-state index contributed by atoms with van der Waals surface area (Å²) in [5, 5.41) is 0.601. The predicted octanol–water partition coefficient (Wildman–Crippen LogP) is 3.07. The molecule has 4 nitrogen and oxygen atoms in total. The van der Waals surface area contributed by atoms with Gasteiger partial charge in [-0.25, -0.2) is 4.79 Å². The van der Waals surface area contributed by atoms with Gasteiger partial charge >= 0.3 is 5.69 Å². The third kappa shape index (κ3) is 2.62. The SMILES string of the molecule is Cn1c(-c2ccc(Cl)cc2)c(-c2ccccc2)c(=O)n(C)c1=O. The van der Waals surface area contributed by atoms with Gasteiger partial charge < -0.3 is 0 Å². The molecule has 1 aromatic heterocycles. The summed E-state index contributed by atoms with van der Waals surface area (Å²) in [6.45, 7) is 0. The van der Waals surface area contributed by atoms with Crippen molar-refractivity contribution in [2.75, 3.05) is 0 Å². The van der Waals surface area contributed by atoms with Crippen LogP contribution in [0, 0.1) is 0 Å². The van der Waals surface area contributed by atoms with Crippen LogP contribution in [0.2, 0.25) is 5.02 Å². The Morgan fingerprint density at radius 1 is 0.783 bits per heavy atom. The molecule has 23 heavy (non-hydrogen) atoms. The minimum Gasteiger partial charge on any atom is -0.296 e. The zero-order valence-electron chi connectivity index (χ0n) is 12.8. The fraction of sp³-hybridized carbons (Fsp3) is 0.111. The summed E-state index contributed by atoms with van der Waals surface area (Å²) in [7, 11) is 3.15. The van der Waals surface area contributed by atoms with Crippen LogP contribution in [0.5, 0.6) is 0 Å². The zero-order valence-corrected chi connectivity index (χ0v) is 13.5. The molecule has 0 radical (unpaired) electrons. The van der Waals surface area contributed by atoms with E-state index in [1.54, 1.807) is 19.2 Å². The molecule has 0 atom stereocenters. The maximum absolute atomic E-state index is 12.7. The van der Waals surface area contributed by atoms with E-state index < -0.39 is 0 Å². The van der Waals surface area contributed by atoms with Crippen LogP contribution in [-0.2, 0) is 14.1 Å². The van der Waals surface area contributed by atoms with E-state index in [2.05, 4.69) is 0 Å². The van der Waals surface area contributed by atoms with Crippen molar-refractivity contribution in [2.24, 2.45) is 14.1 Å². The van der Waals surface area contributed by atoms with Crippen LogP contribution in [0.25, 0.3) is 22.4 Å². The second-order valence-corrected chi connectivity index (χ2v) is 5.74. The van der Waals surface area contributed by atoms with Gasteiger partial charge in [0, 0.05) is 19.1 Å². The maximum Gasteiger partial charge on any atom is 0.330 e. The van der Waals surface area contributed by atoms with Crippen molar-refractivity contribution in [1.82, 2.24) is 9.13 Å². The van der Waals surface area contributed by atoms with Gasteiger partial charge in [-0.15, -0.1) is 0 Å². The largest absolute Gasteiger partial charge is 0.330 e. The fourth-order valence-electron chi connectivity index (χ4n) is 2.65. The van der Waals surface area contributed by atoms with Crippen molar-refractivity contribution in [3.8, 4) is 22.4 Å². The Labute approximate surface area is 138 Å². The van der Waals surface area contributed by atoms with Crippen LogP contribution < -0.4 is 11.2 Å². The summed E-state index contributed by atoms with van der Waals surface area (Å²) in [5.41, 5.74) is 1.95. The first kappa shape index (κ1) is 15.3. The summed E-state index contributed by atoms with van der Waals surface area (Å²) >= 11 is 5.95. The van der Waals surface area contributed by atoms with Crippen LogP contribution in [-0.4, -0.2) is 9.13 Å². The molecule has 0 aliphatic carbocycles. The third-order valence-corrected chi connectivity index (χ3v) is 4.10. The number of hydrogen-bond acceptors (Lipinski definition) is 2. The first-order chi connectivity index (χ1) is 11.0. The van der Waals surface area contributed by atoms with Gasteiger partial charge in [0.1, 0.15) is 0 Å². The first-order valence-corrected chi connectivity index (χ1v) is 7.50. The summed E-state index contributed by atoms with van der Waals surface area (Å²) in [4.78, 5) is 25.1. The van der Waals surface area contributed by atoms with E-state index in [4.69, 9.17) is 11.6 Å². The Balaban J connectivity index is 2.45. The van der Waals surface area contributed by atoms with Gasteiger partial charge in [0.2, 0.25) is 0 Å². The van der Waals surface area contributed by atoms with Gasteiger partial charge in [0.15, 0.2) is 0 Å². The molecule has 3 aromatic rings. The lowest BCUT2D eigenvalue weighted by Crippen LogP contribution is -2.38. The maximum atomic E-state index is 12.7. The quantitative estimate of drug-likeness (QED) is 0.726. The Morgan fingerprint density at radius 2 is 1.39 bits per heavy atom. The summed E-state index contributed by atoms with van der Waals surface area (Å²) in [6, 6.07) is 16.4. The summed E-state index contributed by atoms with van der Waals surface area (Å²) < 4.78 is 2.62. The van der Waals surface area contributed by atoms with E-state index >= 15 is 0 Å². The highest BCUT2D eigenvalue weighted by Crippen LogP contribution is 2.28. The van der Waals surface area contributed by atoms with Crippen molar-refractivity contribution < 1.29 is 0 Å². The average molecular weight is 327 g/mol. The number of nitrogens with zero attached hydrogens (tertiary/aromatic N) is 2. The highest BCUT2D eigenvalue weighted by molar-refractivity contribution is 6.30. The molecule has 0 bridgehead atoms. The Hall–Kier alpha value is -2.59. The molecular weight excluding hydrogens is 312 g/mol. The van der Waals surface area contributed by atoms with E-state index in [9.17, 15) is 9.59 Å². The Morgan fingerprint density at radius 3 is 2.00 bits per heavy atom. The van der Waals surface area contributed by atoms with Crippen LogP contribution in [0.3, 0.4) is 0 Å².